The second kappa shape index (κ2) is 15.8. The van der Waals surface area contributed by atoms with Crippen LogP contribution in [0.5, 0.6) is 11.5 Å². The first-order chi connectivity index (χ1) is 20.4. The van der Waals surface area contributed by atoms with E-state index < -0.39 is 10.9 Å². The van der Waals surface area contributed by atoms with Crippen molar-refractivity contribution in [3.8, 4) is 11.5 Å². The van der Waals surface area contributed by atoms with Crippen molar-refractivity contribution in [3.05, 3.63) is 60.3 Å². The summed E-state index contributed by atoms with van der Waals surface area (Å²) in [6, 6.07) is 14.1. The molecule has 1 aliphatic rings. The Morgan fingerprint density at radius 1 is 1.19 bits per heavy atom. The fourth-order valence-electron chi connectivity index (χ4n) is 4.73. The number of fused-ring (bicyclic) bond motifs is 1. The van der Waals surface area contributed by atoms with Crippen molar-refractivity contribution in [2.45, 2.75) is 18.6 Å². The van der Waals surface area contributed by atoms with Gasteiger partial charge in [0, 0.05) is 45.4 Å². The van der Waals surface area contributed by atoms with Crippen LogP contribution < -0.4 is 9.47 Å². The lowest BCUT2D eigenvalue weighted by Crippen LogP contribution is -2.41. The summed E-state index contributed by atoms with van der Waals surface area (Å²) in [4.78, 5) is 21.6. The summed E-state index contributed by atoms with van der Waals surface area (Å²) in [5.74, 6) is 0.845. The van der Waals surface area contributed by atoms with E-state index in [1.54, 1.807) is 42.4 Å². The Morgan fingerprint density at radius 2 is 2.05 bits per heavy atom. The summed E-state index contributed by atoms with van der Waals surface area (Å²) in [5.41, 5.74) is 1.74. The van der Waals surface area contributed by atoms with Crippen LogP contribution in [0.25, 0.3) is 10.9 Å². The molecule has 1 aliphatic heterocycles. The van der Waals surface area contributed by atoms with Gasteiger partial charge in [-0.1, -0.05) is 23.0 Å². The maximum Gasteiger partial charge on any atom is 0.260 e. The molecule has 0 radical (unpaired) electrons. The Kier molecular flexibility index (Phi) is 11.9. The highest BCUT2D eigenvalue weighted by atomic mass is 32.2. The highest BCUT2D eigenvalue weighted by Gasteiger charge is 2.28. The van der Waals surface area contributed by atoms with Crippen LogP contribution in [0.4, 0.5) is 5.69 Å². The predicted octanol–water partition coefficient (Wildman–Crippen LogP) is 2.61. The van der Waals surface area contributed by atoms with Crippen molar-refractivity contribution in [2.24, 2.45) is 4.36 Å². The minimum Gasteiger partial charge on any atom is -0.491 e. The number of rotatable bonds is 15. The highest BCUT2D eigenvalue weighted by molar-refractivity contribution is 7.69. The highest BCUT2D eigenvalue weighted by Crippen LogP contribution is 2.32. The molecule has 228 valence electrons. The van der Waals surface area contributed by atoms with Crippen LogP contribution in [-0.4, -0.2) is 104 Å². The van der Waals surface area contributed by atoms with Gasteiger partial charge < -0.3 is 42.1 Å². The number of amides is 1. The van der Waals surface area contributed by atoms with Gasteiger partial charge >= 0.3 is 0 Å². The molecule has 1 amide bonds. The standard InChI is InChI=1S/C29H37N4O8S/c1-32(28(36)20-41-27-9-8-25(31-42(37)38-2)29-24(27)7-4-11-30-29)26(19-33-12-10-22(35)18-33)21-5-3-6-23(17-21)40-16-15-39-14-13-34/h3-9,11,17,22,26,34-35H,10,12-16,18-20H2,1-2H3/q-1/t22-,26?/m0/s1. The van der Waals surface area contributed by atoms with E-state index in [-0.39, 0.29) is 37.9 Å². The second-order valence-electron chi connectivity index (χ2n) is 9.73. The van der Waals surface area contributed by atoms with E-state index in [2.05, 4.69) is 14.2 Å². The normalized spacial score (nSPS) is 16.9. The van der Waals surface area contributed by atoms with Gasteiger partial charge in [0.05, 0.1) is 43.2 Å². The lowest BCUT2D eigenvalue weighted by Gasteiger charge is -2.32. The van der Waals surface area contributed by atoms with Crippen molar-refractivity contribution in [1.82, 2.24) is 14.8 Å². The molecular formula is C29H37N4O8S-. The number of likely N-dealkylation sites (tertiary alicyclic amines) is 1. The van der Waals surface area contributed by atoms with Crippen LogP contribution in [0.15, 0.2) is 59.1 Å². The van der Waals surface area contributed by atoms with Crippen molar-refractivity contribution in [3.63, 3.8) is 0 Å². The minimum atomic E-state index is -1.85. The van der Waals surface area contributed by atoms with Crippen LogP contribution in [0.1, 0.15) is 18.0 Å². The molecule has 1 saturated heterocycles. The monoisotopic (exact) mass is 601 g/mol. The molecule has 0 saturated carbocycles. The van der Waals surface area contributed by atoms with Crippen molar-refractivity contribution >= 4 is 33.4 Å². The van der Waals surface area contributed by atoms with Gasteiger partial charge in [0.2, 0.25) is 0 Å². The molecule has 1 unspecified atom stereocenters. The smallest absolute Gasteiger partial charge is 0.260 e. The molecule has 3 aromatic rings. The third kappa shape index (κ3) is 8.60. The number of pyridine rings is 1. The number of ether oxygens (including phenoxy) is 3. The number of benzene rings is 2. The summed E-state index contributed by atoms with van der Waals surface area (Å²) in [6.07, 6.45) is 1.90. The van der Waals surface area contributed by atoms with Crippen molar-refractivity contribution in [2.75, 3.05) is 66.8 Å². The summed E-state index contributed by atoms with van der Waals surface area (Å²) in [6.45, 7) is 2.46. The summed E-state index contributed by atoms with van der Waals surface area (Å²) < 4.78 is 37.7. The molecule has 2 N–H and O–H groups in total. The molecule has 42 heavy (non-hydrogen) atoms. The lowest BCUT2D eigenvalue weighted by atomic mass is 10.0. The SMILES string of the molecule is CO[S-](=O)=Nc1ccc(OCC(=O)N(C)C(CN2CC[C@H](O)C2)c2cccc(OCCOCCO)c2)c2cccnc12. The first-order valence-corrected chi connectivity index (χ1v) is 14.7. The number of aromatic nitrogens is 1. The Hall–Kier alpha value is -3.33. The third-order valence-electron chi connectivity index (χ3n) is 6.89. The van der Waals surface area contributed by atoms with E-state index in [0.717, 1.165) is 12.1 Å². The number of aliphatic hydroxyl groups excluding tert-OH is 2. The average molecular weight is 602 g/mol. The number of nitrogens with zero attached hydrogens (tertiary/aromatic N) is 4. The van der Waals surface area contributed by atoms with Gasteiger partial charge in [0.15, 0.2) is 6.61 Å². The maximum atomic E-state index is 13.5. The molecular weight excluding hydrogens is 564 g/mol. The van der Waals surface area contributed by atoms with E-state index in [4.69, 9.17) is 23.5 Å². The van der Waals surface area contributed by atoms with Gasteiger partial charge in [-0.15, -0.1) is 0 Å². The largest absolute Gasteiger partial charge is 0.491 e. The molecule has 1 aromatic heterocycles. The van der Waals surface area contributed by atoms with Crippen LogP contribution in [0.3, 0.4) is 0 Å². The topological polar surface area (TPSA) is 143 Å². The number of aliphatic hydroxyl groups is 2. The zero-order chi connectivity index (χ0) is 29.9. The summed E-state index contributed by atoms with van der Waals surface area (Å²) in [5, 5.41) is 19.6. The number of likely N-dealkylation sites (N-methyl/N-ethyl adjacent to an activating group) is 1. The number of hydrogen-bond acceptors (Lipinski definition) is 12. The van der Waals surface area contributed by atoms with E-state index in [9.17, 15) is 14.1 Å². The number of carbonyl (C=O) groups is 1. The predicted molar refractivity (Wildman–Crippen MR) is 157 cm³/mol. The van der Waals surface area contributed by atoms with Crippen LogP contribution in [0, 0.1) is 0 Å². The molecule has 0 aliphatic carbocycles. The Labute approximate surface area is 247 Å². The summed E-state index contributed by atoms with van der Waals surface area (Å²) >= 11 is 0. The van der Waals surface area contributed by atoms with Gasteiger partial charge in [-0.2, -0.15) is 0 Å². The quantitative estimate of drug-likeness (QED) is 0.197. The Balaban J connectivity index is 1.50. The first kappa shape index (κ1) is 31.6. The van der Waals surface area contributed by atoms with Crippen LogP contribution >= 0.6 is 0 Å². The Bertz CT molecular complexity index is 1420. The number of hydrogen-bond donors (Lipinski definition) is 2. The molecule has 0 bridgehead atoms. The maximum absolute atomic E-state index is 13.5. The van der Waals surface area contributed by atoms with Gasteiger partial charge in [0.1, 0.15) is 18.1 Å². The van der Waals surface area contributed by atoms with Crippen LogP contribution in [-0.2, 0) is 28.8 Å². The first-order valence-electron chi connectivity index (χ1n) is 13.7. The molecule has 2 aromatic carbocycles. The summed E-state index contributed by atoms with van der Waals surface area (Å²) in [7, 11) is 1.18. The average Bonchev–Trinajstić information content (AvgIpc) is 3.43. The minimum absolute atomic E-state index is 0.0445. The molecule has 2 atom stereocenters. The van der Waals surface area contributed by atoms with Gasteiger partial charge in [0.25, 0.3) is 5.91 Å². The Morgan fingerprint density at radius 3 is 2.81 bits per heavy atom. The second-order valence-corrected chi connectivity index (χ2v) is 10.7. The van der Waals surface area contributed by atoms with Crippen molar-refractivity contribution in [1.29, 1.82) is 0 Å². The van der Waals surface area contributed by atoms with E-state index in [0.29, 0.717) is 60.8 Å². The molecule has 4 rings (SSSR count). The molecule has 13 heteroatoms. The van der Waals surface area contributed by atoms with Gasteiger partial charge in [-0.05, 0) is 48.4 Å². The molecule has 2 heterocycles. The lowest BCUT2D eigenvalue weighted by molar-refractivity contribution is -0.134. The van der Waals surface area contributed by atoms with Gasteiger partial charge in [-0.25, -0.2) is 0 Å². The number of β-amino-alcohol motifs (C(OH)–C–C–N with tert-alkyl or cyclic N) is 1. The third-order valence-corrected chi connectivity index (χ3v) is 7.52. The zero-order valence-electron chi connectivity index (χ0n) is 23.8. The van der Waals surface area contributed by atoms with Crippen molar-refractivity contribution < 1.29 is 37.6 Å². The molecule has 12 nitrogen and oxygen atoms in total. The fourth-order valence-corrected chi connectivity index (χ4v) is 5.12. The van der Waals surface area contributed by atoms with Crippen LogP contribution in [0.2, 0.25) is 0 Å². The zero-order valence-corrected chi connectivity index (χ0v) is 24.6. The van der Waals surface area contributed by atoms with Gasteiger partial charge in [-0.3, -0.25) is 14.7 Å². The molecule has 0 spiro atoms. The fraction of sp³-hybridized carbons (Fsp3) is 0.448. The van der Waals surface area contributed by atoms with E-state index in [1.807, 2.05) is 24.3 Å². The number of carbonyl (C=O) groups excluding carboxylic acids is 1. The molecule has 1 fully saturated rings. The van der Waals surface area contributed by atoms with E-state index >= 15 is 0 Å². The van der Waals surface area contributed by atoms with E-state index in [1.165, 1.54) is 7.11 Å².